The molecular weight excluding hydrogens is 423 g/mol. The van der Waals surface area contributed by atoms with Crippen molar-refractivity contribution in [2.24, 2.45) is 0 Å². The molecule has 0 bridgehead atoms. The summed E-state index contributed by atoms with van der Waals surface area (Å²) in [7, 11) is 0. The highest BCUT2D eigenvalue weighted by atomic mass is 19.1. The Hall–Kier alpha value is -4.26. The average molecular weight is 442 g/mol. The monoisotopic (exact) mass is 442 g/mol. The summed E-state index contributed by atoms with van der Waals surface area (Å²) < 4.78 is 19.0. The first-order valence-electron chi connectivity index (χ1n) is 10.4. The van der Waals surface area contributed by atoms with E-state index in [9.17, 15) is 19.1 Å². The lowest BCUT2D eigenvalue weighted by molar-refractivity contribution is -0.129. The maximum absolute atomic E-state index is 13.5. The molecule has 2 aromatic carbocycles. The Morgan fingerprint density at radius 2 is 1.79 bits per heavy atom. The number of para-hydroxylation sites is 1. The van der Waals surface area contributed by atoms with Crippen LogP contribution in [0.1, 0.15) is 27.7 Å². The predicted octanol–water partition coefficient (Wildman–Crippen LogP) is 4.79. The van der Waals surface area contributed by atoms with E-state index >= 15 is 0 Å². The van der Waals surface area contributed by atoms with Gasteiger partial charge in [0.05, 0.1) is 11.6 Å². The molecule has 1 amide bonds. The van der Waals surface area contributed by atoms with Gasteiger partial charge in [0.1, 0.15) is 11.4 Å². The number of ketones is 1. The first-order valence-corrected chi connectivity index (χ1v) is 10.4. The fourth-order valence-electron chi connectivity index (χ4n) is 4.14. The molecule has 0 saturated carbocycles. The van der Waals surface area contributed by atoms with E-state index < -0.39 is 23.5 Å². The summed E-state index contributed by atoms with van der Waals surface area (Å²) in [4.78, 5) is 32.0. The highest BCUT2D eigenvalue weighted by Gasteiger charge is 2.44. The summed E-state index contributed by atoms with van der Waals surface area (Å²) in [6.07, 6.45) is 3.56. The van der Waals surface area contributed by atoms with E-state index in [1.807, 2.05) is 12.1 Å². The lowest BCUT2D eigenvalue weighted by Crippen LogP contribution is -2.33. The number of Topliss-reactive ketones (excluding diaryl/α,β-unsaturated/α-hetero) is 1. The van der Waals surface area contributed by atoms with Crippen LogP contribution in [0.4, 0.5) is 4.39 Å². The molecule has 0 spiro atoms. The van der Waals surface area contributed by atoms with Crippen LogP contribution in [-0.4, -0.2) is 33.2 Å². The maximum atomic E-state index is 13.5. The second-order valence-electron chi connectivity index (χ2n) is 7.80. The molecule has 6 nitrogen and oxygen atoms in total. The molecule has 0 aliphatic carbocycles. The SMILES string of the molecule is O=C(C1=C(O)C(=O)N(CCc2ccc(F)cc2)C1c1ccncc1)c1cc2ccccc2o1. The molecule has 2 aromatic heterocycles. The van der Waals surface area contributed by atoms with Crippen molar-refractivity contribution in [3.05, 3.63) is 113 Å². The fourth-order valence-corrected chi connectivity index (χ4v) is 4.14. The van der Waals surface area contributed by atoms with E-state index in [4.69, 9.17) is 4.42 Å². The van der Waals surface area contributed by atoms with Gasteiger partial charge in [-0.25, -0.2) is 4.39 Å². The first-order chi connectivity index (χ1) is 16.0. The molecule has 164 valence electrons. The third-order valence-electron chi connectivity index (χ3n) is 5.77. The number of halogens is 1. The normalized spacial score (nSPS) is 16.1. The van der Waals surface area contributed by atoms with Gasteiger partial charge in [-0.15, -0.1) is 0 Å². The van der Waals surface area contributed by atoms with Crippen LogP contribution in [0.15, 0.2) is 94.9 Å². The Morgan fingerprint density at radius 3 is 2.52 bits per heavy atom. The molecule has 1 atom stereocenters. The molecule has 1 aliphatic heterocycles. The summed E-state index contributed by atoms with van der Waals surface area (Å²) in [5.41, 5.74) is 1.97. The van der Waals surface area contributed by atoms with E-state index in [1.54, 1.807) is 54.9 Å². The van der Waals surface area contributed by atoms with Crippen molar-refractivity contribution < 1.29 is 23.5 Å². The van der Waals surface area contributed by atoms with Gasteiger partial charge in [-0.1, -0.05) is 30.3 Å². The molecule has 1 unspecified atom stereocenters. The molecular formula is C26H19FN2O4. The van der Waals surface area contributed by atoms with Crippen molar-refractivity contribution in [3.8, 4) is 0 Å². The van der Waals surface area contributed by atoms with E-state index in [0.29, 0.717) is 17.6 Å². The van der Waals surface area contributed by atoms with Crippen LogP contribution in [0.3, 0.4) is 0 Å². The Bertz CT molecular complexity index is 1340. The minimum Gasteiger partial charge on any atom is -0.503 e. The largest absolute Gasteiger partial charge is 0.503 e. The molecule has 7 heteroatoms. The smallest absolute Gasteiger partial charge is 0.290 e. The molecule has 0 radical (unpaired) electrons. The summed E-state index contributed by atoms with van der Waals surface area (Å²) >= 11 is 0. The highest BCUT2D eigenvalue weighted by molar-refractivity contribution is 6.16. The fraction of sp³-hybridized carbons (Fsp3) is 0.115. The zero-order valence-electron chi connectivity index (χ0n) is 17.4. The van der Waals surface area contributed by atoms with E-state index in [-0.39, 0.29) is 23.7 Å². The number of aliphatic hydroxyl groups excluding tert-OH is 1. The van der Waals surface area contributed by atoms with Crippen molar-refractivity contribution in [1.29, 1.82) is 0 Å². The molecule has 0 saturated heterocycles. The average Bonchev–Trinajstić information content (AvgIpc) is 3.38. The Kier molecular flexibility index (Phi) is 5.22. The van der Waals surface area contributed by atoms with Gasteiger partial charge in [0.15, 0.2) is 11.5 Å². The van der Waals surface area contributed by atoms with Crippen LogP contribution in [-0.2, 0) is 11.2 Å². The number of hydrogen-bond donors (Lipinski definition) is 1. The number of fused-ring (bicyclic) bond motifs is 1. The molecule has 1 N–H and O–H groups in total. The minimum atomic E-state index is -0.804. The van der Waals surface area contributed by atoms with Crippen molar-refractivity contribution in [3.63, 3.8) is 0 Å². The van der Waals surface area contributed by atoms with E-state index in [0.717, 1.165) is 10.9 Å². The number of nitrogens with zero attached hydrogens (tertiary/aromatic N) is 2. The van der Waals surface area contributed by atoms with Crippen molar-refractivity contribution >= 4 is 22.7 Å². The van der Waals surface area contributed by atoms with Crippen LogP contribution in [0, 0.1) is 5.82 Å². The Balaban J connectivity index is 1.51. The topological polar surface area (TPSA) is 83.6 Å². The van der Waals surface area contributed by atoms with Crippen LogP contribution in [0.25, 0.3) is 11.0 Å². The molecule has 1 aliphatic rings. The number of aromatic nitrogens is 1. The van der Waals surface area contributed by atoms with Gasteiger partial charge in [0, 0.05) is 24.3 Å². The number of pyridine rings is 1. The number of carbonyl (C=O) groups is 2. The van der Waals surface area contributed by atoms with E-state index in [1.165, 1.54) is 17.0 Å². The van der Waals surface area contributed by atoms with Crippen molar-refractivity contribution in [2.45, 2.75) is 12.5 Å². The quantitative estimate of drug-likeness (QED) is 0.434. The van der Waals surface area contributed by atoms with Crippen LogP contribution in [0.2, 0.25) is 0 Å². The molecule has 0 fully saturated rings. The molecule has 3 heterocycles. The zero-order valence-corrected chi connectivity index (χ0v) is 17.4. The summed E-state index contributed by atoms with van der Waals surface area (Å²) in [6.45, 7) is 0.221. The minimum absolute atomic E-state index is 0.0376. The van der Waals surface area contributed by atoms with Crippen LogP contribution in [0.5, 0.6) is 0 Å². The van der Waals surface area contributed by atoms with Gasteiger partial charge < -0.3 is 14.4 Å². The van der Waals surface area contributed by atoms with Gasteiger partial charge in [0.2, 0.25) is 5.78 Å². The zero-order chi connectivity index (χ0) is 22.9. The van der Waals surface area contributed by atoms with Gasteiger partial charge in [-0.2, -0.15) is 0 Å². The Morgan fingerprint density at radius 1 is 1.06 bits per heavy atom. The lowest BCUT2D eigenvalue weighted by Gasteiger charge is -2.26. The van der Waals surface area contributed by atoms with Crippen LogP contribution < -0.4 is 0 Å². The van der Waals surface area contributed by atoms with Gasteiger partial charge >= 0.3 is 0 Å². The standard InChI is InChI=1S/C26H19FN2O4/c27-19-7-5-16(6-8-19)11-14-29-23(17-9-12-28-13-10-17)22(25(31)26(29)32)24(30)21-15-18-3-1-2-4-20(18)33-21/h1-10,12-13,15,23,31H,11,14H2. The number of benzene rings is 2. The number of aliphatic hydroxyl groups is 1. The van der Waals surface area contributed by atoms with E-state index in [2.05, 4.69) is 4.98 Å². The Labute approximate surface area is 188 Å². The van der Waals surface area contributed by atoms with Crippen molar-refractivity contribution in [1.82, 2.24) is 9.88 Å². The van der Waals surface area contributed by atoms with Crippen LogP contribution >= 0.6 is 0 Å². The lowest BCUT2D eigenvalue weighted by atomic mass is 9.95. The molecule has 5 rings (SSSR count). The summed E-state index contributed by atoms with van der Waals surface area (Å²) in [6, 6.07) is 17.4. The molecule has 4 aromatic rings. The number of amides is 1. The second-order valence-corrected chi connectivity index (χ2v) is 7.80. The second kappa shape index (κ2) is 8.35. The number of furan rings is 1. The summed E-state index contributed by atoms with van der Waals surface area (Å²) in [5, 5.41) is 11.5. The maximum Gasteiger partial charge on any atom is 0.290 e. The summed E-state index contributed by atoms with van der Waals surface area (Å²) in [5.74, 6) is -2.09. The molecule has 33 heavy (non-hydrogen) atoms. The predicted molar refractivity (Wildman–Crippen MR) is 119 cm³/mol. The first kappa shape index (κ1) is 20.6. The third-order valence-corrected chi connectivity index (χ3v) is 5.77. The van der Waals surface area contributed by atoms with Gasteiger partial charge in [-0.3, -0.25) is 14.6 Å². The number of rotatable bonds is 6. The highest BCUT2D eigenvalue weighted by Crippen LogP contribution is 2.39. The number of hydrogen-bond acceptors (Lipinski definition) is 5. The van der Waals surface area contributed by atoms with Gasteiger partial charge in [-0.05, 0) is 53.9 Å². The number of carbonyl (C=O) groups excluding carboxylic acids is 2. The van der Waals surface area contributed by atoms with Gasteiger partial charge in [0.25, 0.3) is 5.91 Å². The van der Waals surface area contributed by atoms with Crippen molar-refractivity contribution in [2.75, 3.05) is 6.54 Å². The third kappa shape index (κ3) is 3.78.